The SMILES string of the molecule is Cc1ncc(-c2ccc3cnc(CC(=O)C4(F)CCN(CCC(F)(F)F)CC4)cc3c2)n1C. The number of Topliss-reactive ketones (excluding diaryl/α,β-unsaturated/α-hetero) is 1. The van der Waals surface area contributed by atoms with E-state index in [2.05, 4.69) is 9.97 Å². The number of ketones is 1. The highest BCUT2D eigenvalue weighted by Gasteiger charge is 2.41. The molecule has 4 rings (SSSR count). The van der Waals surface area contributed by atoms with Crippen LogP contribution in [0.3, 0.4) is 0 Å². The molecule has 0 saturated carbocycles. The lowest BCUT2D eigenvalue weighted by molar-refractivity contribution is -0.142. The number of benzene rings is 1. The molecular weight excluding hydrogens is 436 g/mol. The topological polar surface area (TPSA) is 51.0 Å². The molecule has 0 unspecified atom stereocenters. The number of hydrogen-bond acceptors (Lipinski definition) is 4. The van der Waals surface area contributed by atoms with Crippen LogP contribution in [0.4, 0.5) is 17.6 Å². The van der Waals surface area contributed by atoms with E-state index < -0.39 is 24.0 Å². The van der Waals surface area contributed by atoms with E-state index in [4.69, 9.17) is 0 Å². The molecule has 1 aliphatic heterocycles. The second kappa shape index (κ2) is 8.85. The smallest absolute Gasteiger partial charge is 0.331 e. The summed E-state index contributed by atoms with van der Waals surface area (Å²) in [6.45, 7) is 2.03. The van der Waals surface area contributed by atoms with Crippen LogP contribution < -0.4 is 0 Å². The zero-order valence-electron chi connectivity index (χ0n) is 18.6. The Labute approximate surface area is 189 Å². The maximum atomic E-state index is 15.3. The fraction of sp³-hybridized carbons (Fsp3) is 0.458. The molecule has 0 radical (unpaired) electrons. The molecule has 2 aromatic heterocycles. The van der Waals surface area contributed by atoms with Crippen molar-refractivity contribution in [3.8, 4) is 11.3 Å². The number of alkyl halides is 4. The van der Waals surface area contributed by atoms with Gasteiger partial charge in [-0.3, -0.25) is 9.78 Å². The van der Waals surface area contributed by atoms with E-state index in [1.807, 2.05) is 36.7 Å². The number of piperidine rings is 1. The Morgan fingerprint density at radius 1 is 1.09 bits per heavy atom. The minimum atomic E-state index is -4.24. The third-order valence-corrected chi connectivity index (χ3v) is 6.50. The van der Waals surface area contributed by atoms with Gasteiger partial charge in [-0.2, -0.15) is 13.2 Å². The molecule has 5 nitrogen and oxygen atoms in total. The van der Waals surface area contributed by atoms with E-state index >= 15 is 4.39 Å². The van der Waals surface area contributed by atoms with Gasteiger partial charge in [0.15, 0.2) is 11.5 Å². The number of hydrogen-bond donors (Lipinski definition) is 0. The second-order valence-corrected chi connectivity index (χ2v) is 8.76. The summed E-state index contributed by atoms with van der Waals surface area (Å²) in [6.07, 6.45) is -2.04. The Bertz CT molecular complexity index is 1160. The van der Waals surface area contributed by atoms with Crippen LogP contribution in [-0.2, 0) is 18.3 Å². The maximum absolute atomic E-state index is 15.3. The number of halogens is 4. The predicted octanol–water partition coefficient (Wildman–Crippen LogP) is 4.81. The van der Waals surface area contributed by atoms with Crippen molar-refractivity contribution >= 4 is 16.6 Å². The highest BCUT2D eigenvalue weighted by atomic mass is 19.4. The van der Waals surface area contributed by atoms with Crippen molar-refractivity contribution in [2.45, 2.75) is 44.5 Å². The Morgan fingerprint density at radius 3 is 2.45 bits per heavy atom. The highest BCUT2D eigenvalue weighted by Crippen LogP contribution is 2.31. The summed E-state index contributed by atoms with van der Waals surface area (Å²) in [4.78, 5) is 23.0. The van der Waals surface area contributed by atoms with Gasteiger partial charge in [0.05, 0.1) is 24.7 Å². The number of fused-ring (bicyclic) bond motifs is 1. The summed E-state index contributed by atoms with van der Waals surface area (Å²) < 4.78 is 54.6. The van der Waals surface area contributed by atoms with Gasteiger partial charge in [0.25, 0.3) is 0 Å². The molecule has 176 valence electrons. The number of pyridine rings is 1. The number of carbonyl (C=O) groups excluding carboxylic acids is 1. The van der Waals surface area contributed by atoms with E-state index in [-0.39, 0.29) is 38.9 Å². The molecule has 1 aromatic carbocycles. The van der Waals surface area contributed by atoms with Crippen LogP contribution in [-0.4, -0.2) is 56.7 Å². The van der Waals surface area contributed by atoms with Crippen LogP contribution in [0.25, 0.3) is 22.0 Å². The number of imidazole rings is 1. The Morgan fingerprint density at radius 2 is 1.82 bits per heavy atom. The average molecular weight is 462 g/mol. The predicted molar refractivity (Wildman–Crippen MR) is 118 cm³/mol. The standard InChI is InChI=1S/C24H26F4N4O/c1-16-29-15-21(31(16)2)17-3-4-18-14-30-20(12-19(18)11-17)13-22(33)23(25)5-8-32(9-6-23)10-7-24(26,27)28/h3-4,11-12,14-15H,5-10,13H2,1-2H3. The van der Waals surface area contributed by atoms with Crippen LogP contribution in [0.5, 0.6) is 0 Å². The van der Waals surface area contributed by atoms with Crippen LogP contribution in [0.15, 0.2) is 36.7 Å². The van der Waals surface area contributed by atoms with Crippen LogP contribution in [0.1, 0.15) is 30.8 Å². The maximum Gasteiger partial charge on any atom is 0.390 e. The van der Waals surface area contributed by atoms with Crippen molar-refractivity contribution in [1.29, 1.82) is 0 Å². The molecule has 0 bridgehead atoms. The minimum Gasteiger partial charge on any atom is -0.331 e. The van der Waals surface area contributed by atoms with Crippen LogP contribution in [0.2, 0.25) is 0 Å². The van der Waals surface area contributed by atoms with Gasteiger partial charge in [0, 0.05) is 62.4 Å². The number of nitrogens with zero attached hydrogens (tertiary/aromatic N) is 4. The number of aryl methyl sites for hydroxylation is 1. The van der Waals surface area contributed by atoms with Crippen molar-refractivity contribution in [1.82, 2.24) is 19.4 Å². The molecule has 3 heterocycles. The first-order valence-corrected chi connectivity index (χ1v) is 10.9. The van der Waals surface area contributed by atoms with Crippen molar-refractivity contribution < 1.29 is 22.4 Å². The third-order valence-electron chi connectivity index (χ3n) is 6.50. The molecule has 0 atom stereocenters. The molecule has 1 saturated heterocycles. The molecule has 3 aromatic rings. The van der Waals surface area contributed by atoms with E-state index in [1.165, 1.54) is 0 Å². The van der Waals surface area contributed by atoms with Crippen molar-refractivity contribution in [2.24, 2.45) is 7.05 Å². The molecule has 9 heteroatoms. The molecule has 0 aliphatic carbocycles. The fourth-order valence-corrected chi connectivity index (χ4v) is 4.23. The number of rotatable bonds is 6. The lowest BCUT2D eigenvalue weighted by Gasteiger charge is -2.35. The van der Waals surface area contributed by atoms with Gasteiger partial charge < -0.3 is 9.47 Å². The van der Waals surface area contributed by atoms with Gasteiger partial charge in [-0.05, 0) is 24.4 Å². The molecule has 0 amide bonds. The lowest BCUT2D eigenvalue weighted by Crippen LogP contribution is -2.47. The first-order chi connectivity index (χ1) is 15.5. The Hall–Kier alpha value is -2.81. The zero-order chi connectivity index (χ0) is 23.8. The Balaban J connectivity index is 1.45. The molecule has 1 aliphatic rings. The quantitative estimate of drug-likeness (QED) is 0.494. The molecule has 33 heavy (non-hydrogen) atoms. The molecule has 1 fully saturated rings. The van der Waals surface area contributed by atoms with Crippen LogP contribution in [0, 0.1) is 6.92 Å². The zero-order valence-corrected chi connectivity index (χ0v) is 18.6. The van der Waals surface area contributed by atoms with Gasteiger partial charge in [-0.15, -0.1) is 0 Å². The van der Waals surface area contributed by atoms with Crippen LogP contribution >= 0.6 is 0 Å². The van der Waals surface area contributed by atoms with Crippen molar-refractivity contribution in [3.63, 3.8) is 0 Å². The van der Waals surface area contributed by atoms with E-state index in [1.54, 1.807) is 23.4 Å². The Kier molecular flexibility index (Phi) is 6.26. The lowest BCUT2D eigenvalue weighted by atomic mass is 9.86. The van der Waals surface area contributed by atoms with Gasteiger partial charge in [-0.1, -0.05) is 12.1 Å². The summed E-state index contributed by atoms with van der Waals surface area (Å²) in [5, 5.41) is 1.79. The van der Waals surface area contributed by atoms with Crippen molar-refractivity contribution in [2.75, 3.05) is 19.6 Å². The summed E-state index contributed by atoms with van der Waals surface area (Å²) in [5.74, 6) is 0.326. The first-order valence-electron chi connectivity index (χ1n) is 10.9. The first kappa shape index (κ1) is 23.4. The van der Waals surface area contributed by atoms with Gasteiger partial charge in [-0.25, -0.2) is 9.37 Å². The van der Waals surface area contributed by atoms with Crippen molar-refractivity contribution in [3.05, 3.63) is 48.2 Å². The largest absolute Gasteiger partial charge is 0.390 e. The molecule has 0 spiro atoms. The van der Waals surface area contributed by atoms with Gasteiger partial charge >= 0.3 is 6.18 Å². The van der Waals surface area contributed by atoms with E-state index in [0.717, 1.165) is 27.9 Å². The summed E-state index contributed by atoms with van der Waals surface area (Å²) in [5.41, 5.74) is 0.382. The monoisotopic (exact) mass is 462 g/mol. The van der Waals surface area contributed by atoms with E-state index in [0.29, 0.717) is 5.69 Å². The number of aromatic nitrogens is 3. The normalized spacial score (nSPS) is 16.9. The average Bonchev–Trinajstić information content (AvgIpc) is 3.10. The summed E-state index contributed by atoms with van der Waals surface area (Å²) in [6, 6.07) is 7.71. The summed E-state index contributed by atoms with van der Waals surface area (Å²) in [7, 11) is 1.94. The second-order valence-electron chi connectivity index (χ2n) is 8.76. The van der Waals surface area contributed by atoms with E-state index in [9.17, 15) is 18.0 Å². The fourth-order valence-electron chi connectivity index (χ4n) is 4.23. The molecular formula is C24H26F4N4O. The third kappa shape index (κ3) is 5.24. The highest BCUT2D eigenvalue weighted by molar-refractivity contribution is 5.91. The number of carbonyl (C=O) groups is 1. The summed E-state index contributed by atoms with van der Waals surface area (Å²) >= 11 is 0. The molecule has 0 N–H and O–H groups in total. The van der Waals surface area contributed by atoms with Gasteiger partial charge in [0.2, 0.25) is 0 Å². The van der Waals surface area contributed by atoms with Gasteiger partial charge in [0.1, 0.15) is 5.82 Å². The number of likely N-dealkylation sites (tertiary alicyclic amines) is 1. The minimum absolute atomic E-state index is 0.0960.